The van der Waals surface area contributed by atoms with Gasteiger partial charge in [-0.25, -0.2) is 0 Å². The summed E-state index contributed by atoms with van der Waals surface area (Å²) in [5, 5.41) is 8.69. The maximum absolute atomic E-state index is 12.4. The zero-order valence-corrected chi connectivity index (χ0v) is 13.8. The summed E-state index contributed by atoms with van der Waals surface area (Å²) >= 11 is 0. The Hall–Kier alpha value is -1.92. The van der Waals surface area contributed by atoms with E-state index in [1.807, 2.05) is 24.3 Å². The van der Waals surface area contributed by atoms with Crippen LogP contribution in [0.4, 0.5) is 5.69 Å². The molecule has 3 N–H and O–H groups in total. The highest BCUT2D eigenvalue weighted by atomic mass is 16.5. The highest BCUT2D eigenvalue weighted by Crippen LogP contribution is 2.22. The van der Waals surface area contributed by atoms with Crippen LogP contribution in [0.2, 0.25) is 0 Å². The van der Waals surface area contributed by atoms with E-state index in [0.717, 1.165) is 30.8 Å². The summed E-state index contributed by atoms with van der Waals surface area (Å²) in [5.74, 6) is -0.467. The minimum Gasteiger partial charge on any atom is -0.368 e. The quantitative estimate of drug-likeness (QED) is 0.733. The van der Waals surface area contributed by atoms with Crippen molar-refractivity contribution in [2.45, 2.75) is 31.8 Å². The molecule has 1 aliphatic rings. The molecule has 1 saturated heterocycles. The third-order valence-corrected chi connectivity index (χ3v) is 4.24. The Morgan fingerprint density at radius 2 is 2.04 bits per heavy atom. The number of piperidine rings is 1. The summed E-state index contributed by atoms with van der Waals surface area (Å²) < 4.78 is 5.44. The van der Waals surface area contributed by atoms with Crippen molar-refractivity contribution in [2.24, 2.45) is 0 Å². The van der Waals surface area contributed by atoms with E-state index in [9.17, 15) is 9.59 Å². The molecule has 6 heteroatoms. The van der Waals surface area contributed by atoms with Crippen molar-refractivity contribution in [3.05, 3.63) is 29.8 Å². The van der Waals surface area contributed by atoms with Crippen molar-refractivity contribution in [2.75, 3.05) is 32.1 Å². The lowest BCUT2D eigenvalue weighted by atomic mass is 9.91. The van der Waals surface area contributed by atoms with Gasteiger partial charge in [0, 0.05) is 12.8 Å². The van der Waals surface area contributed by atoms with Crippen LogP contribution in [0.1, 0.15) is 25.3 Å². The summed E-state index contributed by atoms with van der Waals surface area (Å²) in [7, 11) is 1.54. The van der Waals surface area contributed by atoms with Gasteiger partial charge in [-0.3, -0.25) is 9.59 Å². The van der Waals surface area contributed by atoms with E-state index in [1.54, 1.807) is 7.11 Å². The third-order valence-electron chi connectivity index (χ3n) is 4.24. The second-order valence-corrected chi connectivity index (χ2v) is 5.73. The molecule has 2 rings (SSSR count). The SMILES string of the molecule is CCc1cccc(NC(=O)CNC(=O)C2(OC)CCNCC2)c1. The normalized spacial score (nSPS) is 16.6. The molecule has 6 nitrogen and oxygen atoms in total. The molecule has 0 radical (unpaired) electrons. The molecular weight excluding hydrogens is 294 g/mol. The minimum atomic E-state index is -0.826. The third kappa shape index (κ3) is 4.53. The van der Waals surface area contributed by atoms with Crippen molar-refractivity contribution in [3.63, 3.8) is 0 Å². The standard InChI is InChI=1S/C17H25N3O3/c1-3-13-5-4-6-14(11-13)20-15(21)12-19-16(22)17(23-2)7-9-18-10-8-17/h4-6,11,18H,3,7-10,12H2,1-2H3,(H,19,22)(H,20,21). The van der Waals surface area contributed by atoms with Crippen LogP contribution >= 0.6 is 0 Å². The number of hydrogen-bond donors (Lipinski definition) is 3. The lowest BCUT2D eigenvalue weighted by molar-refractivity contribution is -0.147. The van der Waals surface area contributed by atoms with Gasteiger partial charge in [0.2, 0.25) is 5.91 Å². The number of ether oxygens (including phenoxy) is 1. The monoisotopic (exact) mass is 319 g/mol. The Balaban J connectivity index is 1.86. The van der Waals surface area contributed by atoms with Gasteiger partial charge in [-0.05, 0) is 50.0 Å². The van der Waals surface area contributed by atoms with Gasteiger partial charge in [-0.1, -0.05) is 19.1 Å². The first-order chi connectivity index (χ1) is 11.1. The fourth-order valence-corrected chi connectivity index (χ4v) is 2.75. The van der Waals surface area contributed by atoms with Gasteiger partial charge in [0.1, 0.15) is 5.60 Å². The highest BCUT2D eigenvalue weighted by molar-refractivity contribution is 5.96. The van der Waals surface area contributed by atoms with Gasteiger partial charge in [0.15, 0.2) is 0 Å². The second-order valence-electron chi connectivity index (χ2n) is 5.73. The van der Waals surface area contributed by atoms with Crippen LogP contribution in [0.15, 0.2) is 24.3 Å². The zero-order chi connectivity index (χ0) is 16.7. The number of nitrogens with one attached hydrogen (secondary N) is 3. The number of aryl methyl sites for hydroxylation is 1. The average molecular weight is 319 g/mol. The molecule has 23 heavy (non-hydrogen) atoms. The molecule has 2 amide bonds. The van der Waals surface area contributed by atoms with E-state index in [0.29, 0.717) is 12.8 Å². The number of carbonyl (C=O) groups is 2. The van der Waals surface area contributed by atoms with Crippen LogP contribution in [0.3, 0.4) is 0 Å². The first-order valence-electron chi connectivity index (χ1n) is 8.02. The molecule has 0 aliphatic carbocycles. The van der Waals surface area contributed by atoms with Gasteiger partial charge < -0.3 is 20.7 Å². The molecule has 1 fully saturated rings. The van der Waals surface area contributed by atoms with Gasteiger partial charge >= 0.3 is 0 Å². The van der Waals surface area contributed by atoms with Crippen molar-refractivity contribution in [1.82, 2.24) is 10.6 Å². The molecule has 126 valence electrons. The maximum Gasteiger partial charge on any atom is 0.252 e. The van der Waals surface area contributed by atoms with E-state index in [1.165, 1.54) is 0 Å². The van der Waals surface area contributed by atoms with Crippen LogP contribution < -0.4 is 16.0 Å². The largest absolute Gasteiger partial charge is 0.368 e. The number of methoxy groups -OCH3 is 1. The minimum absolute atomic E-state index is 0.0618. The first kappa shape index (κ1) is 17.4. The molecule has 0 aromatic heterocycles. The van der Waals surface area contributed by atoms with Crippen LogP contribution in [0.5, 0.6) is 0 Å². The number of anilines is 1. The van der Waals surface area contributed by atoms with E-state index in [2.05, 4.69) is 22.9 Å². The van der Waals surface area contributed by atoms with Crippen molar-refractivity contribution in [3.8, 4) is 0 Å². The molecule has 0 saturated carbocycles. The predicted molar refractivity (Wildman–Crippen MR) is 89.3 cm³/mol. The predicted octanol–water partition coefficient (Wildman–Crippen LogP) is 1.07. The topological polar surface area (TPSA) is 79.5 Å². The van der Waals surface area contributed by atoms with Crippen molar-refractivity contribution >= 4 is 17.5 Å². The van der Waals surface area contributed by atoms with Crippen molar-refractivity contribution < 1.29 is 14.3 Å². The number of amides is 2. The molecule has 0 spiro atoms. The number of rotatable bonds is 6. The summed E-state index contributed by atoms with van der Waals surface area (Å²) in [4.78, 5) is 24.4. The van der Waals surface area contributed by atoms with E-state index < -0.39 is 5.60 Å². The maximum atomic E-state index is 12.4. The summed E-state index contributed by atoms with van der Waals surface area (Å²) in [5.41, 5.74) is 1.07. The smallest absolute Gasteiger partial charge is 0.252 e. The van der Waals surface area contributed by atoms with Gasteiger partial charge in [-0.15, -0.1) is 0 Å². The molecule has 0 unspecified atom stereocenters. The summed E-state index contributed by atoms with van der Waals surface area (Å²) in [6.45, 7) is 3.46. The lowest BCUT2D eigenvalue weighted by Gasteiger charge is -2.34. The summed E-state index contributed by atoms with van der Waals surface area (Å²) in [6.07, 6.45) is 2.12. The van der Waals surface area contributed by atoms with E-state index >= 15 is 0 Å². The van der Waals surface area contributed by atoms with E-state index in [4.69, 9.17) is 4.74 Å². The van der Waals surface area contributed by atoms with Gasteiger partial charge in [0.05, 0.1) is 6.54 Å². The molecule has 1 heterocycles. The van der Waals surface area contributed by atoms with Crippen LogP contribution in [0.25, 0.3) is 0 Å². The Morgan fingerprint density at radius 1 is 1.30 bits per heavy atom. The van der Waals surface area contributed by atoms with Gasteiger partial charge in [0.25, 0.3) is 5.91 Å². The molecule has 0 bridgehead atoms. The fraction of sp³-hybridized carbons (Fsp3) is 0.529. The van der Waals surface area contributed by atoms with Crippen LogP contribution in [0, 0.1) is 0 Å². The summed E-state index contributed by atoms with van der Waals surface area (Å²) in [6, 6.07) is 7.68. The van der Waals surface area contributed by atoms with Gasteiger partial charge in [-0.2, -0.15) is 0 Å². The Kier molecular flexibility index (Phi) is 6.12. The lowest BCUT2D eigenvalue weighted by Crippen LogP contribution is -2.55. The number of carbonyl (C=O) groups excluding carboxylic acids is 2. The molecule has 0 atom stereocenters. The fourth-order valence-electron chi connectivity index (χ4n) is 2.75. The van der Waals surface area contributed by atoms with Crippen LogP contribution in [-0.2, 0) is 20.7 Å². The Bertz CT molecular complexity index is 554. The Morgan fingerprint density at radius 3 is 2.70 bits per heavy atom. The first-order valence-corrected chi connectivity index (χ1v) is 8.02. The second kappa shape index (κ2) is 8.08. The molecular formula is C17H25N3O3. The number of hydrogen-bond acceptors (Lipinski definition) is 4. The molecule has 1 aromatic carbocycles. The molecule has 1 aliphatic heterocycles. The van der Waals surface area contributed by atoms with E-state index in [-0.39, 0.29) is 18.4 Å². The zero-order valence-electron chi connectivity index (χ0n) is 13.8. The molecule has 1 aromatic rings. The average Bonchev–Trinajstić information content (AvgIpc) is 2.60. The Labute approximate surface area is 137 Å². The highest BCUT2D eigenvalue weighted by Gasteiger charge is 2.39. The number of benzene rings is 1. The van der Waals surface area contributed by atoms with Crippen LogP contribution in [-0.4, -0.2) is 44.2 Å². The van der Waals surface area contributed by atoms with Crippen molar-refractivity contribution in [1.29, 1.82) is 0 Å².